The monoisotopic (exact) mass is 307 g/mol. The van der Waals surface area contributed by atoms with Crippen LogP contribution in [0.25, 0.3) is 10.7 Å². The van der Waals surface area contributed by atoms with Crippen LogP contribution in [-0.4, -0.2) is 32.8 Å². The zero-order valence-electron chi connectivity index (χ0n) is 13.0. The molecule has 0 fully saturated rings. The lowest BCUT2D eigenvalue weighted by atomic mass is 9.96. The van der Waals surface area contributed by atoms with Crippen molar-refractivity contribution in [2.45, 2.75) is 51.7 Å². The molecule has 2 N–H and O–H groups in total. The van der Waals surface area contributed by atoms with E-state index in [2.05, 4.69) is 53.2 Å². The molecule has 0 aliphatic rings. The van der Waals surface area contributed by atoms with Crippen molar-refractivity contribution in [3.8, 4) is 10.7 Å². The lowest BCUT2D eigenvalue weighted by molar-refractivity contribution is 0.153. The number of rotatable bonds is 8. The molecule has 4 nitrogen and oxygen atoms in total. The molecule has 0 saturated heterocycles. The van der Waals surface area contributed by atoms with Crippen LogP contribution in [0.5, 0.6) is 0 Å². The summed E-state index contributed by atoms with van der Waals surface area (Å²) in [5.41, 5.74) is -0.210. The molecule has 0 aliphatic heterocycles. The number of aliphatic hydroxyl groups excluding tert-OH is 1. The normalized spacial score (nSPS) is 14.5. The van der Waals surface area contributed by atoms with E-state index >= 15 is 0 Å². The molecule has 0 saturated carbocycles. The molecule has 5 heteroatoms. The molecule has 1 unspecified atom stereocenters. The molecule has 2 aromatic heterocycles. The Morgan fingerprint density at radius 3 is 2.90 bits per heavy atom. The SMILES string of the molecule is CC(C)NC(C)(CO)CCCn1ccnc1-c1cccs1. The van der Waals surface area contributed by atoms with Gasteiger partial charge in [0, 0.05) is 30.5 Å². The summed E-state index contributed by atoms with van der Waals surface area (Å²) in [6, 6.07) is 4.52. The van der Waals surface area contributed by atoms with Crippen LogP contribution in [-0.2, 0) is 6.54 Å². The molecular weight excluding hydrogens is 282 g/mol. The third kappa shape index (κ3) is 4.40. The fourth-order valence-corrected chi connectivity index (χ4v) is 3.39. The van der Waals surface area contributed by atoms with Crippen LogP contribution in [0.1, 0.15) is 33.6 Å². The molecule has 21 heavy (non-hydrogen) atoms. The molecule has 2 aromatic rings. The maximum Gasteiger partial charge on any atom is 0.149 e. The minimum Gasteiger partial charge on any atom is -0.394 e. The highest BCUT2D eigenvalue weighted by Crippen LogP contribution is 2.23. The van der Waals surface area contributed by atoms with Crippen molar-refractivity contribution in [1.29, 1.82) is 0 Å². The van der Waals surface area contributed by atoms with Crippen molar-refractivity contribution < 1.29 is 5.11 Å². The zero-order valence-corrected chi connectivity index (χ0v) is 13.9. The number of aliphatic hydroxyl groups is 1. The number of nitrogens with one attached hydrogen (secondary N) is 1. The van der Waals surface area contributed by atoms with Crippen molar-refractivity contribution in [1.82, 2.24) is 14.9 Å². The first-order valence-electron chi connectivity index (χ1n) is 7.48. The Balaban J connectivity index is 1.93. The van der Waals surface area contributed by atoms with Gasteiger partial charge >= 0.3 is 0 Å². The average Bonchev–Trinajstić information content (AvgIpc) is 3.07. The molecule has 2 rings (SSSR count). The third-order valence-electron chi connectivity index (χ3n) is 3.57. The molecule has 0 radical (unpaired) electrons. The Morgan fingerprint density at radius 2 is 2.29 bits per heavy atom. The average molecular weight is 307 g/mol. The van der Waals surface area contributed by atoms with Crippen LogP contribution >= 0.6 is 11.3 Å². The summed E-state index contributed by atoms with van der Waals surface area (Å²) in [4.78, 5) is 5.65. The van der Waals surface area contributed by atoms with Gasteiger partial charge in [-0.15, -0.1) is 11.3 Å². The first-order valence-corrected chi connectivity index (χ1v) is 8.35. The van der Waals surface area contributed by atoms with Gasteiger partial charge in [0.25, 0.3) is 0 Å². The minimum atomic E-state index is -0.210. The van der Waals surface area contributed by atoms with Gasteiger partial charge in [0.1, 0.15) is 5.82 Å². The number of nitrogens with zero attached hydrogens (tertiary/aromatic N) is 2. The molecule has 0 aliphatic carbocycles. The van der Waals surface area contributed by atoms with Crippen molar-refractivity contribution in [3.63, 3.8) is 0 Å². The number of aryl methyl sites for hydroxylation is 1. The van der Waals surface area contributed by atoms with Crippen LogP contribution < -0.4 is 5.32 Å². The van der Waals surface area contributed by atoms with Crippen LogP contribution in [0, 0.1) is 0 Å². The Hall–Kier alpha value is -1.17. The van der Waals surface area contributed by atoms with E-state index in [4.69, 9.17) is 0 Å². The van der Waals surface area contributed by atoms with Gasteiger partial charge in [0.05, 0.1) is 11.5 Å². The van der Waals surface area contributed by atoms with E-state index in [1.165, 1.54) is 4.88 Å². The smallest absolute Gasteiger partial charge is 0.149 e. The lowest BCUT2D eigenvalue weighted by Gasteiger charge is -2.31. The standard InChI is InChI=1S/C16H25N3OS/c1-13(2)18-16(3,12-20)7-5-9-19-10-8-17-15(19)14-6-4-11-21-14/h4,6,8,10-11,13,18,20H,5,7,9,12H2,1-3H3. The van der Waals surface area contributed by atoms with Gasteiger partial charge < -0.3 is 15.0 Å². The van der Waals surface area contributed by atoms with E-state index in [0.717, 1.165) is 25.2 Å². The fourth-order valence-electron chi connectivity index (χ4n) is 2.65. The lowest BCUT2D eigenvalue weighted by Crippen LogP contribution is -2.49. The molecule has 1 atom stereocenters. The van der Waals surface area contributed by atoms with E-state index in [0.29, 0.717) is 6.04 Å². The summed E-state index contributed by atoms with van der Waals surface area (Å²) in [7, 11) is 0. The second-order valence-electron chi connectivity index (χ2n) is 6.04. The van der Waals surface area contributed by atoms with Gasteiger partial charge in [-0.1, -0.05) is 19.9 Å². The Bertz CT molecular complexity index is 535. The second kappa shape index (κ2) is 7.20. The molecule has 0 aromatic carbocycles. The van der Waals surface area contributed by atoms with Crippen molar-refractivity contribution >= 4 is 11.3 Å². The summed E-state index contributed by atoms with van der Waals surface area (Å²) in [5, 5.41) is 15.1. The Morgan fingerprint density at radius 1 is 1.48 bits per heavy atom. The van der Waals surface area contributed by atoms with Gasteiger partial charge in [-0.05, 0) is 31.2 Å². The van der Waals surface area contributed by atoms with Gasteiger partial charge in [0.15, 0.2) is 0 Å². The van der Waals surface area contributed by atoms with Crippen LogP contribution in [0.15, 0.2) is 29.9 Å². The van der Waals surface area contributed by atoms with Crippen LogP contribution in [0.4, 0.5) is 0 Å². The predicted octanol–water partition coefficient (Wildman–Crippen LogP) is 3.14. The zero-order chi connectivity index (χ0) is 15.3. The molecular formula is C16H25N3OS. The molecule has 0 spiro atoms. The summed E-state index contributed by atoms with van der Waals surface area (Å²) in [6.45, 7) is 7.38. The number of aromatic nitrogens is 2. The summed E-state index contributed by atoms with van der Waals surface area (Å²) in [5.74, 6) is 1.03. The second-order valence-corrected chi connectivity index (χ2v) is 6.99. The quantitative estimate of drug-likeness (QED) is 0.788. The summed E-state index contributed by atoms with van der Waals surface area (Å²) < 4.78 is 2.19. The Labute approximate surface area is 130 Å². The largest absolute Gasteiger partial charge is 0.394 e. The maximum absolute atomic E-state index is 9.62. The summed E-state index contributed by atoms with van der Waals surface area (Å²) in [6.07, 6.45) is 5.82. The van der Waals surface area contributed by atoms with Gasteiger partial charge in [-0.3, -0.25) is 0 Å². The highest BCUT2D eigenvalue weighted by atomic mass is 32.1. The Kier molecular flexibility index (Phi) is 5.56. The van der Waals surface area contributed by atoms with E-state index in [1.54, 1.807) is 11.3 Å². The summed E-state index contributed by atoms with van der Waals surface area (Å²) >= 11 is 1.71. The molecule has 0 amide bonds. The number of imidazole rings is 1. The molecule has 0 bridgehead atoms. The number of hydrogen-bond donors (Lipinski definition) is 2. The predicted molar refractivity (Wildman–Crippen MR) is 88.5 cm³/mol. The third-order valence-corrected chi connectivity index (χ3v) is 4.44. The first-order chi connectivity index (χ1) is 10.0. The van der Waals surface area contributed by atoms with Gasteiger partial charge in [-0.25, -0.2) is 4.98 Å². The van der Waals surface area contributed by atoms with E-state index in [1.807, 2.05) is 12.4 Å². The first kappa shape index (κ1) is 16.2. The molecule has 116 valence electrons. The fraction of sp³-hybridized carbons (Fsp3) is 0.562. The topological polar surface area (TPSA) is 50.1 Å². The van der Waals surface area contributed by atoms with Crippen molar-refractivity contribution in [2.24, 2.45) is 0 Å². The van der Waals surface area contributed by atoms with E-state index in [-0.39, 0.29) is 12.1 Å². The minimum absolute atomic E-state index is 0.160. The highest BCUT2D eigenvalue weighted by Gasteiger charge is 2.23. The van der Waals surface area contributed by atoms with Gasteiger partial charge in [0.2, 0.25) is 0 Å². The highest BCUT2D eigenvalue weighted by molar-refractivity contribution is 7.13. The van der Waals surface area contributed by atoms with E-state index in [9.17, 15) is 5.11 Å². The molecule has 2 heterocycles. The van der Waals surface area contributed by atoms with Crippen molar-refractivity contribution in [2.75, 3.05) is 6.61 Å². The number of hydrogen-bond acceptors (Lipinski definition) is 4. The maximum atomic E-state index is 9.62. The van der Waals surface area contributed by atoms with Gasteiger partial charge in [-0.2, -0.15) is 0 Å². The number of thiophene rings is 1. The van der Waals surface area contributed by atoms with Crippen LogP contribution in [0.2, 0.25) is 0 Å². The van der Waals surface area contributed by atoms with E-state index < -0.39 is 0 Å². The van der Waals surface area contributed by atoms with Crippen LogP contribution in [0.3, 0.4) is 0 Å². The van der Waals surface area contributed by atoms with Crippen molar-refractivity contribution in [3.05, 3.63) is 29.9 Å².